The molecular formula is C15H9Cl2FO. The monoisotopic (exact) mass is 294 g/mol. The van der Waals surface area contributed by atoms with Crippen molar-refractivity contribution in [1.82, 2.24) is 0 Å². The molecule has 0 saturated heterocycles. The number of halogens is 3. The second kappa shape index (κ2) is 6.00. The van der Waals surface area contributed by atoms with E-state index in [9.17, 15) is 9.18 Å². The number of rotatable bonds is 3. The van der Waals surface area contributed by atoms with Gasteiger partial charge in [0.05, 0.1) is 5.02 Å². The van der Waals surface area contributed by atoms with Gasteiger partial charge >= 0.3 is 0 Å². The van der Waals surface area contributed by atoms with Crippen LogP contribution < -0.4 is 0 Å². The highest BCUT2D eigenvalue weighted by Gasteiger charge is 2.08. The Hall–Kier alpha value is -1.64. The summed E-state index contributed by atoms with van der Waals surface area (Å²) in [6.07, 6.45) is 2.69. The Bertz CT molecular complexity index is 650. The van der Waals surface area contributed by atoms with E-state index < -0.39 is 0 Å². The summed E-state index contributed by atoms with van der Waals surface area (Å²) in [6.45, 7) is 0. The Kier molecular flexibility index (Phi) is 4.35. The quantitative estimate of drug-likeness (QED) is 0.573. The first-order chi connectivity index (χ1) is 9.08. The van der Waals surface area contributed by atoms with Gasteiger partial charge in [-0.25, -0.2) is 4.39 Å². The van der Waals surface area contributed by atoms with Crippen molar-refractivity contribution in [3.05, 3.63) is 75.5 Å². The molecule has 0 fully saturated rings. The van der Waals surface area contributed by atoms with Gasteiger partial charge < -0.3 is 0 Å². The van der Waals surface area contributed by atoms with Gasteiger partial charge in [-0.2, -0.15) is 0 Å². The SMILES string of the molecule is O=C(/C=C/c1ccccc1F)c1cc(Cl)ccc1Cl. The van der Waals surface area contributed by atoms with Gasteiger partial charge in [0.25, 0.3) is 0 Å². The van der Waals surface area contributed by atoms with E-state index in [4.69, 9.17) is 23.2 Å². The lowest BCUT2D eigenvalue weighted by atomic mass is 10.1. The Labute approximate surface area is 120 Å². The normalized spacial score (nSPS) is 10.9. The molecule has 2 aromatic rings. The first kappa shape index (κ1) is 13.8. The Morgan fingerprint density at radius 2 is 1.84 bits per heavy atom. The number of benzene rings is 2. The van der Waals surface area contributed by atoms with Crippen LogP contribution >= 0.6 is 23.2 Å². The van der Waals surface area contributed by atoms with E-state index >= 15 is 0 Å². The van der Waals surface area contributed by atoms with Crippen LogP contribution in [0.15, 0.2) is 48.5 Å². The van der Waals surface area contributed by atoms with Gasteiger partial charge in [-0.3, -0.25) is 4.79 Å². The fourth-order valence-corrected chi connectivity index (χ4v) is 1.93. The number of hydrogen-bond acceptors (Lipinski definition) is 1. The van der Waals surface area contributed by atoms with Gasteiger partial charge in [0, 0.05) is 16.1 Å². The number of ketones is 1. The van der Waals surface area contributed by atoms with Crippen molar-refractivity contribution in [2.75, 3.05) is 0 Å². The molecule has 1 nitrogen and oxygen atoms in total. The summed E-state index contributed by atoms with van der Waals surface area (Å²) in [6, 6.07) is 10.8. The predicted molar refractivity (Wildman–Crippen MR) is 76.2 cm³/mol. The van der Waals surface area contributed by atoms with Crippen LogP contribution in [0.4, 0.5) is 4.39 Å². The van der Waals surface area contributed by atoms with Crippen LogP contribution in [-0.2, 0) is 0 Å². The smallest absolute Gasteiger partial charge is 0.187 e. The molecule has 19 heavy (non-hydrogen) atoms. The number of carbonyl (C=O) groups excluding carboxylic acids is 1. The van der Waals surface area contributed by atoms with Crippen molar-refractivity contribution in [3.8, 4) is 0 Å². The van der Waals surface area contributed by atoms with Gasteiger partial charge in [0.1, 0.15) is 5.82 Å². The largest absolute Gasteiger partial charge is 0.289 e. The van der Waals surface area contributed by atoms with Crippen LogP contribution in [-0.4, -0.2) is 5.78 Å². The van der Waals surface area contributed by atoms with Crippen LogP contribution in [0.3, 0.4) is 0 Å². The van der Waals surface area contributed by atoms with Crippen molar-refractivity contribution in [3.63, 3.8) is 0 Å². The van der Waals surface area contributed by atoms with E-state index in [2.05, 4.69) is 0 Å². The van der Waals surface area contributed by atoms with Crippen molar-refractivity contribution in [2.45, 2.75) is 0 Å². The zero-order valence-corrected chi connectivity index (χ0v) is 11.3. The highest BCUT2D eigenvalue weighted by Crippen LogP contribution is 2.21. The second-order valence-corrected chi connectivity index (χ2v) is 4.69. The zero-order chi connectivity index (χ0) is 13.8. The first-order valence-electron chi connectivity index (χ1n) is 5.50. The van der Waals surface area contributed by atoms with E-state index in [1.165, 1.54) is 24.3 Å². The van der Waals surface area contributed by atoms with E-state index in [0.29, 0.717) is 21.2 Å². The molecule has 0 bridgehead atoms. The molecule has 0 aliphatic rings. The molecule has 0 heterocycles. The van der Waals surface area contributed by atoms with Crippen molar-refractivity contribution >= 4 is 35.1 Å². The maximum Gasteiger partial charge on any atom is 0.187 e. The van der Waals surface area contributed by atoms with Crippen LogP contribution in [0.2, 0.25) is 10.0 Å². The summed E-state index contributed by atoms with van der Waals surface area (Å²) in [5.74, 6) is -0.709. The lowest BCUT2D eigenvalue weighted by Crippen LogP contribution is -1.95. The van der Waals surface area contributed by atoms with Crippen molar-refractivity contribution in [2.24, 2.45) is 0 Å². The summed E-state index contributed by atoms with van der Waals surface area (Å²) in [5, 5.41) is 0.736. The van der Waals surface area contributed by atoms with Gasteiger partial charge in [-0.15, -0.1) is 0 Å². The maximum absolute atomic E-state index is 13.4. The first-order valence-corrected chi connectivity index (χ1v) is 6.25. The molecule has 0 spiro atoms. The summed E-state index contributed by atoms with van der Waals surface area (Å²) >= 11 is 11.7. The van der Waals surface area contributed by atoms with Gasteiger partial charge in [0.2, 0.25) is 0 Å². The summed E-state index contributed by atoms with van der Waals surface area (Å²) in [7, 11) is 0. The fourth-order valence-electron chi connectivity index (χ4n) is 1.55. The molecule has 0 N–H and O–H groups in total. The molecular weight excluding hydrogens is 286 g/mol. The number of hydrogen-bond donors (Lipinski definition) is 0. The van der Waals surface area contributed by atoms with Gasteiger partial charge in [-0.05, 0) is 36.4 Å². The van der Waals surface area contributed by atoms with E-state index in [1.807, 2.05) is 0 Å². The number of allylic oxidation sites excluding steroid dienone is 1. The topological polar surface area (TPSA) is 17.1 Å². The molecule has 0 aliphatic carbocycles. The minimum absolute atomic E-state index is 0.293. The average Bonchev–Trinajstić information content (AvgIpc) is 2.40. The summed E-state index contributed by atoms with van der Waals surface area (Å²) < 4.78 is 13.4. The Morgan fingerprint density at radius 1 is 1.11 bits per heavy atom. The summed E-state index contributed by atoms with van der Waals surface area (Å²) in [5.41, 5.74) is 0.635. The standard InChI is InChI=1S/C15H9Cl2FO/c16-11-6-7-13(17)12(9-11)15(19)8-5-10-3-1-2-4-14(10)18/h1-9H/b8-5+. The molecule has 0 unspecified atom stereocenters. The minimum atomic E-state index is -0.385. The summed E-state index contributed by atoms with van der Waals surface area (Å²) in [4.78, 5) is 12.0. The van der Waals surface area contributed by atoms with E-state index in [1.54, 1.807) is 30.3 Å². The third-order valence-corrected chi connectivity index (χ3v) is 3.08. The Morgan fingerprint density at radius 3 is 2.58 bits per heavy atom. The van der Waals surface area contributed by atoms with E-state index in [-0.39, 0.29) is 11.6 Å². The number of carbonyl (C=O) groups is 1. The molecule has 96 valence electrons. The molecule has 0 amide bonds. The fraction of sp³-hybridized carbons (Fsp3) is 0. The van der Waals surface area contributed by atoms with E-state index in [0.717, 1.165) is 0 Å². The average molecular weight is 295 g/mol. The van der Waals surface area contributed by atoms with Crippen molar-refractivity contribution < 1.29 is 9.18 Å². The minimum Gasteiger partial charge on any atom is -0.289 e. The molecule has 4 heteroatoms. The lowest BCUT2D eigenvalue weighted by molar-refractivity contribution is 0.104. The van der Waals surface area contributed by atoms with Crippen LogP contribution in [0.5, 0.6) is 0 Å². The van der Waals surface area contributed by atoms with Gasteiger partial charge in [0.15, 0.2) is 5.78 Å². The highest BCUT2D eigenvalue weighted by atomic mass is 35.5. The molecule has 2 rings (SSSR count). The maximum atomic E-state index is 13.4. The third-order valence-electron chi connectivity index (χ3n) is 2.51. The van der Waals surface area contributed by atoms with Crippen LogP contribution in [0.25, 0.3) is 6.08 Å². The highest BCUT2D eigenvalue weighted by molar-refractivity contribution is 6.36. The molecule has 0 saturated carbocycles. The van der Waals surface area contributed by atoms with Crippen LogP contribution in [0, 0.1) is 5.82 Å². The lowest BCUT2D eigenvalue weighted by Gasteiger charge is -2.00. The molecule has 2 aromatic carbocycles. The van der Waals surface area contributed by atoms with Gasteiger partial charge in [-0.1, -0.05) is 41.4 Å². The molecule has 0 atom stereocenters. The third kappa shape index (κ3) is 3.43. The molecule has 0 aromatic heterocycles. The van der Waals surface area contributed by atoms with Crippen molar-refractivity contribution in [1.29, 1.82) is 0 Å². The Balaban J connectivity index is 2.26. The second-order valence-electron chi connectivity index (χ2n) is 3.84. The zero-order valence-electron chi connectivity index (χ0n) is 9.74. The van der Waals surface area contributed by atoms with Crippen LogP contribution in [0.1, 0.15) is 15.9 Å². The predicted octanol–water partition coefficient (Wildman–Crippen LogP) is 5.03. The molecule has 0 aliphatic heterocycles. The molecule has 0 radical (unpaired) electrons.